The topological polar surface area (TPSA) is 0 Å². The van der Waals surface area contributed by atoms with Crippen molar-refractivity contribution in [3.63, 3.8) is 0 Å². The monoisotopic (exact) mass is 312 g/mol. The first kappa shape index (κ1) is 7.75. The molecule has 0 N–H and O–H groups in total. The van der Waals surface area contributed by atoms with E-state index in [0.29, 0.717) is 0 Å². The van der Waals surface area contributed by atoms with Gasteiger partial charge in [0.1, 0.15) is 0 Å². The maximum atomic E-state index is 3.51. The van der Waals surface area contributed by atoms with Gasteiger partial charge in [-0.25, -0.2) is 0 Å². The third kappa shape index (κ3) is 1.78. The first-order valence-corrected chi connectivity index (χ1v) is 5.49. The van der Waals surface area contributed by atoms with Crippen LogP contribution in [-0.4, -0.2) is 10.2 Å². The van der Waals surface area contributed by atoms with Gasteiger partial charge in [-0.05, 0) is 44.6 Å². The summed E-state index contributed by atoms with van der Waals surface area (Å²) in [5.41, 5.74) is 0. The molecule has 0 heterocycles. The summed E-state index contributed by atoms with van der Waals surface area (Å²) in [5, 5.41) is 1.43. The van der Waals surface area contributed by atoms with E-state index in [-0.39, 0.29) is 0 Å². The van der Waals surface area contributed by atoms with Crippen LogP contribution in [0.25, 0.3) is 0 Å². The first-order chi connectivity index (χ1) is 4.22. The molecule has 3 heteroatoms. The fraction of sp³-hybridized carbons (Fsp3) is 0. The fourth-order valence-corrected chi connectivity index (χ4v) is 2.48. The highest BCUT2D eigenvalue weighted by Gasteiger charge is 1.95. The number of halogens is 2. The molecule has 0 atom stereocenters. The van der Waals surface area contributed by atoms with Crippen LogP contribution in [0.4, 0.5) is 0 Å². The van der Waals surface area contributed by atoms with E-state index in [2.05, 4.69) is 56.7 Å². The Morgan fingerprint density at radius 3 is 2.56 bits per heavy atom. The van der Waals surface area contributed by atoms with Gasteiger partial charge in [0.05, 0.1) is 0 Å². The second-order valence-corrected chi connectivity index (χ2v) is 4.90. The summed E-state index contributed by atoms with van der Waals surface area (Å²) in [6.45, 7) is 0. The van der Waals surface area contributed by atoms with Crippen LogP contribution in [0.5, 0.6) is 0 Å². The zero-order valence-electron chi connectivity index (χ0n) is 4.99. The molecule has 0 nitrogen and oxygen atoms in total. The van der Waals surface area contributed by atoms with E-state index in [1.165, 1.54) is 13.2 Å². The quantitative estimate of drug-likeness (QED) is 0.496. The molecule has 1 rings (SSSR count). The van der Waals surface area contributed by atoms with E-state index in [0.717, 1.165) is 10.2 Å². The Kier molecular flexibility index (Phi) is 2.72. The lowest BCUT2D eigenvalue weighted by molar-refractivity contribution is 1.64. The molecule has 9 heavy (non-hydrogen) atoms. The van der Waals surface area contributed by atoms with Crippen molar-refractivity contribution in [2.45, 2.75) is 0 Å². The molecule has 0 radical (unpaired) electrons. The molecule has 0 saturated carbocycles. The van der Waals surface area contributed by atoms with Gasteiger partial charge in [0.15, 0.2) is 0 Å². The highest BCUT2D eigenvalue weighted by atomic mass is 127. The van der Waals surface area contributed by atoms with Gasteiger partial charge < -0.3 is 0 Å². The molecule has 0 amide bonds. The van der Waals surface area contributed by atoms with E-state index < -0.39 is 0 Å². The minimum absolute atomic E-state index is 1.12. The highest BCUT2D eigenvalue weighted by Crippen LogP contribution is 2.14. The lowest BCUT2D eigenvalue weighted by atomic mass is 10.4. The normalized spacial score (nSPS) is 10.0. The molecule has 0 aromatic heterocycles. The van der Waals surface area contributed by atoms with Crippen molar-refractivity contribution in [2.75, 3.05) is 0 Å². The number of rotatable bonds is 0. The van der Waals surface area contributed by atoms with Crippen LogP contribution in [0.3, 0.4) is 0 Å². The lowest BCUT2D eigenvalue weighted by Gasteiger charge is -1.97. The minimum atomic E-state index is 1.12. The molecule has 1 aromatic rings. The molecular formula is C6H6BrISi. The van der Waals surface area contributed by atoms with Gasteiger partial charge in [0.2, 0.25) is 0 Å². The van der Waals surface area contributed by atoms with Crippen LogP contribution in [-0.2, 0) is 0 Å². The predicted octanol–water partition coefficient (Wildman–Crippen LogP) is 1.04. The van der Waals surface area contributed by atoms with Crippen LogP contribution in [0, 0.1) is 3.57 Å². The summed E-state index contributed by atoms with van der Waals surface area (Å²) in [4.78, 5) is 0. The van der Waals surface area contributed by atoms with Crippen LogP contribution in [0.15, 0.2) is 22.7 Å². The molecule has 0 aliphatic heterocycles. The third-order valence-electron chi connectivity index (χ3n) is 1.14. The van der Waals surface area contributed by atoms with Gasteiger partial charge in [-0.3, -0.25) is 0 Å². The molecule has 0 unspecified atom stereocenters. The van der Waals surface area contributed by atoms with E-state index in [4.69, 9.17) is 0 Å². The Hall–Kier alpha value is 0.647. The standard InChI is InChI=1S/C6H6BrISi/c7-6-4(8)2-1-3-5(6)9/h1-3H,9H3. The maximum absolute atomic E-state index is 3.51. The summed E-state index contributed by atoms with van der Waals surface area (Å²) in [6, 6.07) is 6.35. The Morgan fingerprint density at radius 2 is 2.11 bits per heavy atom. The van der Waals surface area contributed by atoms with E-state index in [1.54, 1.807) is 0 Å². The summed E-state index contributed by atoms with van der Waals surface area (Å²) in [5.74, 6) is 0. The highest BCUT2D eigenvalue weighted by molar-refractivity contribution is 14.1. The zero-order chi connectivity index (χ0) is 6.85. The summed E-state index contributed by atoms with van der Waals surface area (Å²) in [6.07, 6.45) is 0. The van der Waals surface area contributed by atoms with Gasteiger partial charge in [-0.1, -0.05) is 17.3 Å². The molecule has 0 spiro atoms. The maximum Gasteiger partial charge on any atom is 0.0400 e. The van der Waals surface area contributed by atoms with Crippen molar-refractivity contribution < 1.29 is 0 Å². The van der Waals surface area contributed by atoms with Crippen molar-refractivity contribution >= 4 is 54.0 Å². The second-order valence-electron chi connectivity index (χ2n) is 1.87. The van der Waals surface area contributed by atoms with Crippen molar-refractivity contribution in [1.82, 2.24) is 0 Å². The first-order valence-electron chi connectivity index (χ1n) is 2.62. The summed E-state index contributed by atoms with van der Waals surface area (Å²) in [7, 11) is 1.12. The minimum Gasteiger partial charge on any atom is -0.0629 e. The van der Waals surface area contributed by atoms with Gasteiger partial charge in [0, 0.05) is 18.3 Å². The molecule has 48 valence electrons. The largest absolute Gasteiger partial charge is 0.0629 e. The molecular weight excluding hydrogens is 307 g/mol. The smallest absolute Gasteiger partial charge is 0.0400 e. The van der Waals surface area contributed by atoms with E-state index >= 15 is 0 Å². The zero-order valence-corrected chi connectivity index (χ0v) is 10.7. The van der Waals surface area contributed by atoms with Crippen molar-refractivity contribution in [3.05, 3.63) is 26.2 Å². The fourth-order valence-electron chi connectivity index (χ4n) is 0.612. The summed E-state index contributed by atoms with van der Waals surface area (Å²) < 4.78 is 2.58. The molecule has 0 aliphatic carbocycles. The Balaban J connectivity index is 3.25. The Bertz CT molecular complexity index is 204. The lowest BCUT2D eigenvalue weighted by Crippen LogP contribution is -2.04. The van der Waals surface area contributed by atoms with Crippen LogP contribution in [0.2, 0.25) is 0 Å². The number of hydrogen-bond acceptors (Lipinski definition) is 0. The van der Waals surface area contributed by atoms with E-state index in [9.17, 15) is 0 Å². The van der Waals surface area contributed by atoms with Gasteiger partial charge in [-0.15, -0.1) is 0 Å². The molecule has 1 aromatic carbocycles. The second kappa shape index (κ2) is 3.16. The van der Waals surface area contributed by atoms with Gasteiger partial charge >= 0.3 is 0 Å². The SMILES string of the molecule is [SiH3]c1cccc(I)c1Br. The van der Waals surface area contributed by atoms with Gasteiger partial charge in [-0.2, -0.15) is 0 Å². The van der Waals surface area contributed by atoms with E-state index in [1.807, 2.05) is 0 Å². The van der Waals surface area contributed by atoms with Crippen molar-refractivity contribution in [2.24, 2.45) is 0 Å². The van der Waals surface area contributed by atoms with Crippen LogP contribution in [0.1, 0.15) is 0 Å². The number of hydrogen-bond donors (Lipinski definition) is 0. The van der Waals surface area contributed by atoms with Crippen LogP contribution < -0.4 is 5.19 Å². The van der Waals surface area contributed by atoms with Crippen molar-refractivity contribution in [3.8, 4) is 0 Å². The Labute approximate surface area is 79.7 Å². The molecule has 0 saturated heterocycles. The number of benzene rings is 1. The predicted molar refractivity (Wildman–Crippen MR) is 56.4 cm³/mol. The third-order valence-corrected chi connectivity index (χ3v) is 5.40. The average Bonchev–Trinajstić information content (AvgIpc) is 1.83. The van der Waals surface area contributed by atoms with Crippen molar-refractivity contribution in [1.29, 1.82) is 0 Å². The van der Waals surface area contributed by atoms with Gasteiger partial charge in [0.25, 0.3) is 0 Å². The Morgan fingerprint density at radius 1 is 1.44 bits per heavy atom. The molecule has 0 aliphatic rings. The summed E-state index contributed by atoms with van der Waals surface area (Å²) >= 11 is 5.83. The average molecular weight is 313 g/mol. The molecule has 0 bridgehead atoms. The molecule has 0 fully saturated rings. The van der Waals surface area contributed by atoms with Crippen LogP contribution >= 0.6 is 38.5 Å².